The zero-order valence-electron chi connectivity index (χ0n) is 14.1. The van der Waals surface area contributed by atoms with E-state index in [1.165, 1.54) is 24.3 Å². The molecule has 0 aliphatic heterocycles. The van der Waals surface area contributed by atoms with Crippen molar-refractivity contribution in [2.45, 2.75) is 46.2 Å². The maximum atomic E-state index is 12.4. The van der Waals surface area contributed by atoms with E-state index >= 15 is 0 Å². The van der Waals surface area contributed by atoms with Gasteiger partial charge in [0.25, 0.3) is 5.91 Å². The van der Waals surface area contributed by atoms with Gasteiger partial charge in [0.05, 0.1) is 5.69 Å². The quantitative estimate of drug-likeness (QED) is 0.695. The predicted octanol–water partition coefficient (Wildman–Crippen LogP) is 2.05. The van der Waals surface area contributed by atoms with Gasteiger partial charge in [-0.15, -0.1) is 0 Å². The minimum Gasteiger partial charge on any atom is -0.733 e. The van der Waals surface area contributed by atoms with Gasteiger partial charge < -0.3 is 21.1 Å². The Bertz CT molecular complexity index is 555. The molecule has 2 amide bonds. The second-order valence-corrected chi connectivity index (χ2v) is 6.26. The predicted molar refractivity (Wildman–Crippen MR) is 88.1 cm³/mol. The molecule has 0 spiro atoms. The summed E-state index contributed by atoms with van der Waals surface area (Å²) < 4.78 is 0. The molecule has 0 saturated heterocycles. The highest BCUT2D eigenvalue weighted by Crippen LogP contribution is 2.19. The van der Waals surface area contributed by atoms with Crippen LogP contribution in [-0.2, 0) is 4.79 Å². The van der Waals surface area contributed by atoms with Crippen molar-refractivity contribution in [1.29, 1.82) is 0 Å². The number of carbonyl (C=O) groups excluding carboxylic acids is 2. The van der Waals surface area contributed by atoms with Gasteiger partial charge in [-0.2, -0.15) is 0 Å². The topological polar surface area (TPSA) is 105 Å². The molecular weight excluding hydrogens is 298 g/mol. The van der Waals surface area contributed by atoms with Crippen LogP contribution < -0.4 is 15.9 Å². The number of carbonyl (C=O) groups is 2. The van der Waals surface area contributed by atoms with Crippen LogP contribution in [-0.4, -0.2) is 28.6 Å². The highest BCUT2D eigenvalue weighted by molar-refractivity contribution is 5.99. The van der Waals surface area contributed by atoms with Gasteiger partial charge in [0.1, 0.15) is 5.54 Å². The first kappa shape index (κ1) is 18.9. The van der Waals surface area contributed by atoms with E-state index in [1.54, 1.807) is 6.92 Å². The van der Waals surface area contributed by atoms with E-state index in [-0.39, 0.29) is 28.8 Å². The lowest BCUT2D eigenvalue weighted by Gasteiger charge is -2.34. The molecule has 23 heavy (non-hydrogen) atoms. The minimum atomic E-state index is -1.07. The number of nitrogens with zero attached hydrogens (tertiary/aromatic N) is 1. The summed E-state index contributed by atoms with van der Waals surface area (Å²) in [7, 11) is 0. The van der Waals surface area contributed by atoms with E-state index < -0.39 is 11.4 Å². The summed E-state index contributed by atoms with van der Waals surface area (Å²) in [5, 5.41) is 24.8. The number of anilines is 1. The fraction of sp³-hybridized carbons (Fsp3) is 0.500. The molecule has 0 saturated carbocycles. The molecule has 1 aromatic carbocycles. The Labute approximate surface area is 136 Å². The Hall–Kier alpha value is -2.12. The lowest BCUT2D eigenvalue weighted by molar-refractivity contribution is -0.128. The van der Waals surface area contributed by atoms with Crippen LogP contribution in [0.4, 0.5) is 5.69 Å². The zero-order valence-corrected chi connectivity index (χ0v) is 14.1. The van der Waals surface area contributed by atoms with Gasteiger partial charge in [-0.1, -0.05) is 13.8 Å². The summed E-state index contributed by atoms with van der Waals surface area (Å²) in [5.74, 6) is -0.811. The Morgan fingerprint density at radius 3 is 2.09 bits per heavy atom. The van der Waals surface area contributed by atoms with Crippen molar-refractivity contribution in [1.82, 2.24) is 10.6 Å². The standard InChI is InChI=1S/C16H24N3O4/c1-10(2)16(5,15(21)17-11(3)4)18-14(20)12-6-8-13(9-7-12)19(22)23/h6-11,22H,1-5H3,(H,17,21)(H,18,20)/q-1. The van der Waals surface area contributed by atoms with Crippen LogP contribution in [0.3, 0.4) is 0 Å². The van der Waals surface area contributed by atoms with Crippen LogP contribution in [0.25, 0.3) is 0 Å². The third-order valence-corrected chi connectivity index (χ3v) is 3.77. The van der Waals surface area contributed by atoms with Crippen LogP contribution >= 0.6 is 0 Å². The van der Waals surface area contributed by atoms with Crippen LogP contribution in [0, 0.1) is 11.1 Å². The van der Waals surface area contributed by atoms with E-state index in [2.05, 4.69) is 10.6 Å². The first-order valence-corrected chi connectivity index (χ1v) is 7.47. The Morgan fingerprint density at radius 1 is 1.17 bits per heavy atom. The Balaban J connectivity index is 2.95. The highest BCUT2D eigenvalue weighted by Gasteiger charge is 2.38. The molecule has 0 fully saturated rings. The second-order valence-electron chi connectivity index (χ2n) is 6.26. The average molecular weight is 322 g/mol. The van der Waals surface area contributed by atoms with Gasteiger partial charge in [-0.25, -0.2) is 0 Å². The normalized spacial score (nSPS) is 13.6. The van der Waals surface area contributed by atoms with Crippen LogP contribution in [0.2, 0.25) is 0 Å². The maximum Gasteiger partial charge on any atom is 0.252 e. The Morgan fingerprint density at radius 2 is 1.70 bits per heavy atom. The third-order valence-electron chi connectivity index (χ3n) is 3.77. The molecular formula is C16H24N3O4-. The SMILES string of the molecule is CC(C)NC(=O)C(C)(NC(=O)c1ccc(N([O-])O)cc1)C(C)C. The summed E-state index contributed by atoms with van der Waals surface area (Å²) in [6, 6.07) is 5.43. The van der Waals surface area contributed by atoms with Crippen molar-refractivity contribution in [2.24, 2.45) is 5.92 Å². The molecule has 1 aromatic rings. The van der Waals surface area contributed by atoms with Crippen molar-refractivity contribution in [3.63, 3.8) is 0 Å². The van der Waals surface area contributed by atoms with Gasteiger partial charge >= 0.3 is 0 Å². The molecule has 128 valence electrons. The van der Waals surface area contributed by atoms with E-state index in [1.807, 2.05) is 27.7 Å². The Kier molecular flexibility index (Phi) is 6.12. The van der Waals surface area contributed by atoms with Crippen LogP contribution in [0.15, 0.2) is 24.3 Å². The lowest BCUT2D eigenvalue weighted by atomic mass is 9.86. The van der Waals surface area contributed by atoms with Crippen molar-refractivity contribution >= 4 is 17.5 Å². The van der Waals surface area contributed by atoms with Crippen LogP contribution in [0.5, 0.6) is 0 Å². The first-order valence-electron chi connectivity index (χ1n) is 7.47. The monoisotopic (exact) mass is 322 g/mol. The first-order chi connectivity index (χ1) is 10.6. The number of hydrogen-bond acceptors (Lipinski definition) is 5. The second kappa shape index (κ2) is 7.43. The maximum absolute atomic E-state index is 12.4. The molecule has 7 heteroatoms. The van der Waals surface area contributed by atoms with Crippen molar-refractivity contribution < 1.29 is 14.8 Å². The summed E-state index contributed by atoms with van der Waals surface area (Å²) in [6.45, 7) is 9.08. The molecule has 3 N–H and O–H groups in total. The van der Waals surface area contributed by atoms with Gasteiger partial charge in [0, 0.05) is 11.6 Å². The lowest BCUT2D eigenvalue weighted by Crippen LogP contribution is -2.60. The number of amides is 2. The van der Waals surface area contributed by atoms with Gasteiger partial charge in [-0.05, 0) is 51.0 Å². The molecule has 0 aromatic heterocycles. The molecule has 0 aliphatic rings. The van der Waals surface area contributed by atoms with E-state index in [9.17, 15) is 14.8 Å². The molecule has 0 bridgehead atoms. The van der Waals surface area contributed by atoms with E-state index in [0.717, 1.165) is 0 Å². The molecule has 1 rings (SSSR count). The van der Waals surface area contributed by atoms with Crippen LogP contribution in [0.1, 0.15) is 45.0 Å². The summed E-state index contributed by atoms with van der Waals surface area (Å²) in [6.07, 6.45) is 0. The number of benzene rings is 1. The molecule has 1 unspecified atom stereocenters. The largest absolute Gasteiger partial charge is 0.733 e. The van der Waals surface area contributed by atoms with Gasteiger partial charge in [0.2, 0.25) is 5.91 Å². The van der Waals surface area contributed by atoms with E-state index in [0.29, 0.717) is 5.56 Å². The van der Waals surface area contributed by atoms with E-state index in [4.69, 9.17) is 5.21 Å². The average Bonchev–Trinajstić information content (AvgIpc) is 2.46. The smallest absolute Gasteiger partial charge is 0.252 e. The third kappa shape index (κ3) is 4.67. The van der Waals surface area contributed by atoms with Gasteiger partial charge in [-0.3, -0.25) is 14.8 Å². The van der Waals surface area contributed by atoms with Crippen molar-refractivity contribution in [3.8, 4) is 0 Å². The van der Waals surface area contributed by atoms with Crippen molar-refractivity contribution in [3.05, 3.63) is 35.0 Å². The zero-order chi connectivity index (χ0) is 17.8. The molecule has 0 heterocycles. The molecule has 0 aliphatic carbocycles. The summed E-state index contributed by atoms with van der Waals surface area (Å²) >= 11 is 0. The number of rotatable bonds is 6. The molecule has 0 radical (unpaired) electrons. The summed E-state index contributed by atoms with van der Waals surface area (Å²) in [5.41, 5.74) is -0.757. The fourth-order valence-electron chi connectivity index (χ4n) is 1.92. The van der Waals surface area contributed by atoms with Gasteiger partial charge in [0.15, 0.2) is 0 Å². The minimum absolute atomic E-state index is 0.0192. The fourth-order valence-corrected chi connectivity index (χ4v) is 1.92. The molecule has 7 nitrogen and oxygen atoms in total. The summed E-state index contributed by atoms with van der Waals surface area (Å²) in [4.78, 5) is 24.8. The highest BCUT2D eigenvalue weighted by atomic mass is 16.8. The molecule has 1 atom stereocenters. The number of hydrogen-bond donors (Lipinski definition) is 3. The number of nitrogens with one attached hydrogen (secondary N) is 2. The van der Waals surface area contributed by atoms with Crippen molar-refractivity contribution in [2.75, 3.05) is 5.23 Å².